The average molecular weight is 627 g/mol. The highest BCUT2D eigenvalue weighted by molar-refractivity contribution is 9.10. The van der Waals surface area contributed by atoms with Crippen LogP contribution in [0.1, 0.15) is 18.2 Å². The van der Waals surface area contributed by atoms with Gasteiger partial charge in [-0.1, -0.05) is 41.4 Å². The number of para-hydroxylation sites is 1. The minimum absolute atomic E-state index is 0. The Morgan fingerprint density at radius 2 is 1.78 bits per heavy atom. The van der Waals surface area contributed by atoms with Crippen molar-refractivity contribution in [3.63, 3.8) is 0 Å². The van der Waals surface area contributed by atoms with Crippen LogP contribution in [0.2, 0.25) is 10.0 Å². The van der Waals surface area contributed by atoms with Crippen LogP contribution in [0, 0.1) is 6.92 Å². The standard InChI is InChI=1S/C26H23BrCl2N4O3.ClH/c1-16-25(27)32-13-7-10-22(26(32)30-16)36-15-19-20(28)11-12-21(24(19)29)31(3)23(35)14-33(17(2)34)18-8-5-4-6-9-18;/h4-13H,14-15H2,1-3H3;1H. The van der Waals surface area contributed by atoms with E-state index in [1.165, 1.54) is 16.7 Å². The summed E-state index contributed by atoms with van der Waals surface area (Å²) in [4.78, 5) is 32.7. The number of ether oxygens (including phenoxy) is 1. The fraction of sp³-hybridized carbons (Fsp3) is 0.192. The second-order valence-corrected chi connectivity index (χ2v) is 9.63. The third-order valence-electron chi connectivity index (χ3n) is 5.73. The number of anilines is 2. The molecule has 0 aliphatic heterocycles. The molecular weight excluding hydrogens is 603 g/mol. The Bertz CT molecular complexity index is 1450. The van der Waals surface area contributed by atoms with Gasteiger partial charge < -0.3 is 14.5 Å². The van der Waals surface area contributed by atoms with Crippen LogP contribution in [-0.4, -0.2) is 34.8 Å². The molecule has 2 aromatic heterocycles. The molecule has 194 valence electrons. The highest BCUT2D eigenvalue weighted by atomic mass is 79.9. The number of amides is 2. The van der Waals surface area contributed by atoms with Crippen molar-refractivity contribution in [3.8, 4) is 5.75 Å². The second-order valence-electron chi connectivity index (χ2n) is 8.10. The van der Waals surface area contributed by atoms with E-state index in [-0.39, 0.29) is 37.4 Å². The molecule has 0 N–H and O–H groups in total. The van der Waals surface area contributed by atoms with Crippen LogP contribution in [0.4, 0.5) is 11.4 Å². The van der Waals surface area contributed by atoms with E-state index < -0.39 is 0 Å². The molecule has 37 heavy (non-hydrogen) atoms. The summed E-state index contributed by atoms with van der Waals surface area (Å²) in [6.45, 7) is 3.25. The molecule has 7 nitrogen and oxygen atoms in total. The van der Waals surface area contributed by atoms with Crippen molar-refractivity contribution in [2.75, 3.05) is 23.4 Å². The molecule has 0 bridgehead atoms. The summed E-state index contributed by atoms with van der Waals surface area (Å²) in [5.74, 6) is 0.00938. The Hall–Kier alpha value is -2.78. The van der Waals surface area contributed by atoms with E-state index in [0.717, 1.165) is 10.3 Å². The van der Waals surface area contributed by atoms with Gasteiger partial charge in [-0.25, -0.2) is 4.98 Å². The first-order valence-corrected chi connectivity index (χ1v) is 12.6. The van der Waals surface area contributed by atoms with Gasteiger partial charge in [0.2, 0.25) is 11.8 Å². The van der Waals surface area contributed by atoms with Gasteiger partial charge in [-0.15, -0.1) is 12.4 Å². The molecule has 2 aromatic carbocycles. The maximum atomic E-state index is 13.1. The molecule has 0 spiro atoms. The first-order chi connectivity index (χ1) is 17.2. The van der Waals surface area contributed by atoms with Crippen molar-refractivity contribution in [2.24, 2.45) is 0 Å². The van der Waals surface area contributed by atoms with E-state index in [9.17, 15) is 9.59 Å². The lowest BCUT2D eigenvalue weighted by Gasteiger charge is -2.26. The highest BCUT2D eigenvalue weighted by Crippen LogP contribution is 2.35. The summed E-state index contributed by atoms with van der Waals surface area (Å²) in [5.41, 5.74) is 3.12. The van der Waals surface area contributed by atoms with Gasteiger partial charge in [-0.3, -0.25) is 14.0 Å². The van der Waals surface area contributed by atoms with E-state index in [1.54, 1.807) is 31.3 Å². The van der Waals surface area contributed by atoms with E-state index >= 15 is 0 Å². The lowest BCUT2D eigenvalue weighted by Crippen LogP contribution is -2.41. The first-order valence-electron chi connectivity index (χ1n) is 11.0. The summed E-state index contributed by atoms with van der Waals surface area (Å²) in [6.07, 6.45) is 1.88. The van der Waals surface area contributed by atoms with Gasteiger partial charge in [0.15, 0.2) is 11.4 Å². The lowest BCUT2D eigenvalue weighted by molar-refractivity contribution is -0.121. The number of nitrogens with zero attached hydrogens (tertiary/aromatic N) is 4. The third-order valence-corrected chi connectivity index (χ3v) is 7.46. The van der Waals surface area contributed by atoms with E-state index in [2.05, 4.69) is 20.9 Å². The number of fused-ring (bicyclic) bond motifs is 1. The zero-order valence-corrected chi connectivity index (χ0v) is 24.2. The number of hydrogen-bond acceptors (Lipinski definition) is 4. The molecule has 0 aliphatic carbocycles. The van der Waals surface area contributed by atoms with Crippen molar-refractivity contribution in [1.82, 2.24) is 9.38 Å². The van der Waals surface area contributed by atoms with Crippen LogP contribution < -0.4 is 14.5 Å². The Morgan fingerprint density at radius 3 is 2.46 bits per heavy atom. The fourth-order valence-corrected chi connectivity index (χ4v) is 4.72. The summed E-state index contributed by atoms with van der Waals surface area (Å²) < 4.78 is 8.78. The molecule has 0 unspecified atom stereocenters. The van der Waals surface area contributed by atoms with Gasteiger partial charge in [0, 0.05) is 36.4 Å². The molecule has 11 heteroatoms. The number of likely N-dealkylation sites (N-methyl/N-ethyl adjacent to an activating group) is 1. The van der Waals surface area contributed by atoms with Gasteiger partial charge in [0.25, 0.3) is 0 Å². The van der Waals surface area contributed by atoms with Crippen LogP contribution in [0.15, 0.2) is 65.4 Å². The van der Waals surface area contributed by atoms with Crippen molar-refractivity contribution < 1.29 is 14.3 Å². The molecule has 2 heterocycles. The molecule has 0 atom stereocenters. The minimum atomic E-state index is -0.312. The van der Waals surface area contributed by atoms with Gasteiger partial charge >= 0.3 is 0 Å². The minimum Gasteiger partial charge on any atom is -0.485 e. The Balaban J connectivity index is 0.00000380. The number of pyridine rings is 1. The van der Waals surface area contributed by atoms with Crippen molar-refractivity contribution in [2.45, 2.75) is 20.5 Å². The SMILES string of the molecule is CC(=O)N(CC(=O)N(C)c1ccc(Cl)c(COc2cccn3c(Br)c(C)nc23)c1Cl)c1ccccc1.Cl. The maximum Gasteiger partial charge on any atom is 0.246 e. The molecular formula is C26H24BrCl3N4O3. The third kappa shape index (κ3) is 6.04. The second kappa shape index (κ2) is 12.2. The number of carbonyl (C=O) groups is 2. The summed E-state index contributed by atoms with van der Waals surface area (Å²) in [7, 11) is 1.61. The van der Waals surface area contributed by atoms with Crippen LogP contribution in [0.25, 0.3) is 5.65 Å². The normalized spacial score (nSPS) is 10.6. The number of benzene rings is 2. The molecule has 4 rings (SSSR count). The van der Waals surface area contributed by atoms with Gasteiger partial charge in [-0.05, 0) is 59.3 Å². The monoisotopic (exact) mass is 624 g/mol. The quantitative estimate of drug-likeness (QED) is 0.228. The number of halogens is 4. The largest absolute Gasteiger partial charge is 0.485 e. The molecule has 0 aliphatic rings. The first kappa shape index (κ1) is 28.8. The Labute approximate surface area is 239 Å². The van der Waals surface area contributed by atoms with Crippen LogP contribution in [-0.2, 0) is 16.2 Å². The van der Waals surface area contributed by atoms with Gasteiger partial charge in [0.1, 0.15) is 17.8 Å². The molecule has 4 aromatic rings. The van der Waals surface area contributed by atoms with Crippen molar-refractivity contribution in [1.29, 1.82) is 0 Å². The predicted octanol–water partition coefficient (Wildman–Crippen LogP) is 6.73. The highest BCUT2D eigenvalue weighted by Gasteiger charge is 2.23. The molecule has 0 radical (unpaired) electrons. The van der Waals surface area contributed by atoms with Crippen molar-refractivity contribution >= 4 is 80.4 Å². The lowest BCUT2D eigenvalue weighted by atomic mass is 10.2. The number of imidazole rings is 1. The smallest absolute Gasteiger partial charge is 0.246 e. The molecule has 2 amide bonds. The fourth-order valence-electron chi connectivity index (χ4n) is 3.73. The number of aryl methyl sites for hydroxylation is 1. The van der Waals surface area contributed by atoms with Crippen LogP contribution in [0.5, 0.6) is 5.75 Å². The summed E-state index contributed by atoms with van der Waals surface area (Å²) in [5, 5.41) is 0.701. The van der Waals surface area contributed by atoms with Crippen LogP contribution >= 0.6 is 51.5 Å². The average Bonchev–Trinajstić information content (AvgIpc) is 3.16. The number of hydrogen-bond donors (Lipinski definition) is 0. The number of carbonyl (C=O) groups excluding carboxylic acids is 2. The number of aromatic nitrogens is 2. The molecule has 0 fully saturated rings. The molecule has 0 saturated carbocycles. The van der Waals surface area contributed by atoms with Crippen molar-refractivity contribution in [3.05, 3.63) is 86.7 Å². The predicted molar refractivity (Wildman–Crippen MR) is 154 cm³/mol. The van der Waals surface area contributed by atoms with Gasteiger partial charge in [0.05, 0.1) is 16.4 Å². The Morgan fingerprint density at radius 1 is 1.08 bits per heavy atom. The summed E-state index contributed by atoms with van der Waals surface area (Å²) >= 11 is 16.7. The van der Waals surface area contributed by atoms with E-state index in [0.29, 0.717) is 38.4 Å². The maximum absolute atomic E-state index is 13.1. The van der Waals surface area contributed by atoms with Gasteiger partial charge in [-0.2, -0.15) is 0 Å². The zero-order valence-electron chi connectivity index (χ0n) is 20.2. The van der Waals surface area contributed by atoms with E-state index in [1.807, 2.05) is 47.9 Å². The van der Waals surface area contributed by atoms with Crippen LogP contribution in [0.3, 0.4) is 0 Å². The number of rotatable bonds is 7. The summed E-state index contributed by atoms with van der Waals surface area (Å²) in [6, 6.07) is 16.0. The molecule has 0 saturated heterocycles. The zero-order chi connectivity index (χ0) is 26.0. The van der Waals surface area contributed by atoms with E-state index in [4.69, 9.17) is 27.9 Å². The topological polar surface area (TPSA) is 67.2 Å². The Kier molecular flexibility index (Phi) is 9.47.